The van der Waals surface area contributed by atoms with Gasteiger partial charge in [0.15, 0.2) is 0 Å². The SMILES string of the molecule is CCC(O)[C@@H]1[C@H]2CC[C@H](C2)C1(C)C. The molecule has 0 aliphatic heterocycles. The molecule has 2 bridgehead atoms. The fourth-order valence-corrected chi connectivity index (χ4v) is 3.96. The van der Waals surface area contributed by atoms with E-state index < -0.39 is 0 Å². The number of aliphatic hydroxyl groups is 1. The Labute approximate surface area is 81.5 Å². The van der Waals surface area contributed by atoms with Gasteiger partial charge in [0.1, 0.15) is 0 Å². The van der Waals surface area contributed by atoms with Crippen molar-refractivity contribution < 1.29 is 5.11 Å². The van der Waals surface area contributed by atoms with Crippen LogP contribution in [0, 0.1) is 23.2 Å². The Morgan fingerprint density at radius 3 is 2.54 bits per heavy atom. The zero-order valence-electron chi connectivity index (χ0n) is 9.09. The molecule has 2 aliphatic carbocycles. The van der Waals surface area contributed by atoms with E-state index in [0.29, 0.717) is 11.3 Å². The average molecular weight is 182 g/mol. The van der Waals surface area contributed by atoms with Gasteiger partial charge in [0.2, 0.25) is 0 Å². The largest absolute Gasteiger partial charge is 0.393 e. The third-order valence-electron chi connectivity index (χ3n) is 4.73. The highest BCUT2D eigenvalue weighted by atomic mass is 16.3. The normalized spacial score (nSPS) is 43.8. The van der Waals surface area contributed by atoms with Crippen molar-refractivity contribution in [3.05, 3.63) is 0 Å². The lowest BCUT2D eigenvalue weighted by Gasteiger charge is -2.40. The molecule has 0 aromatic carbocycles. The Balaban J connectivity index is 2.18. The van der Waals surface area contributed by atoms with E-state index in [1.807, 2.05) is 0 Å². The van der Waals surface area contributed by atoms with Crippen LogP contribution in [-0.4, -0.2) is 11.2 Å². The molecular weight excluding hydrogens is 160 g/mol. The summed E-state index contributed by atoms with van der Waals surface area (Å²) in [5.74, 6) is 2.30. The topological polar surface area (TPSA) is 20.2 Å². The van der Waals surface area contributed by atoms with Crippen LogP contribution in [0.4, 0.5) is 0 Å². The second-order valence-corrected chi connectivity index (χ2v) is 5.59. The van der Waals surface area contributed by atoms with Gasteiger partial charge in [-0.2, -0.15) is 0 Å². The molecule has 2 saturated carbocycles. The summed E-state index contributed by atoms with van der Waals surface area (Å²) < 4.78 is 0. The van der Waals surface area contributed by atoms with Crippen molar-refractivity contribution >= 4 is 0 Å². The van der Waals surface area contributed by atoms with E-state index >= 15 is 0 Å². The summed E-state index contributed by atoms with van der Waals surface area (Å²) in [4.78, 5) is 0. The van der Waals surface area contributed by atoms with Gasteiger partial charge >= 0.3 is 0 Å². The maximum absolute atomic E-state index is 10.0. The minimum absolute atomic E-state index is 0.0506. The Hall–Kier alpha value is -0.0400. The van der Waals surface area contributed by atoms with Crippen LogP contribution in [0.3, 0.4) is 0 Å². The van der Waals surface area contributed by atoms with Crippen molar-refractivity contribution in [2.45, 2.75) is 52.6 Å². The van der Waals surface area contributed by atoms with Crippen LogP contribution in [0.1, 0.15) is 46.5 Å². The maximum Gasteiger partial charge on any atom is 0.0573 e. The molecule has 13 heavy (non-hydrogen) atoms. The first-order valence-electron chi connectivity index (χ1n) is 5.75. The van der Waals surface area contributed by atoms with Crippen molar-refractivity contribution in [2.24, 2.45) is 23.2 Å². The van der Waals surface area contributed by atoms with Crippen LogP contribution in [0.15, 0.2) is 0 Å². The summed E-state index contributed by atoms with van der Waals surface area (Å²) in [6.45, 7) is 6.83. The molecule has 1 heteroatoms. The van der Waals surface area contributed by atoms with Crippen LogP contribution in [-0.2, 0) is 0 Å². The lowest BCUT2D eigenvalue weighted by Crippen LogP contribution is -2.38. The first kappa shape index (κ1) is 9.51. The molecule has 2 aliphatic rings. The maximum atomic E-state index is 10.0. The van der Waals surface area contributed by atoms with Gasteiger partial charge in [-0.25, -0.2) is 0 Å². The smallest absolute Gasteiger partial charge is 0.0573 e. The molecule has 2 fully saturated rings. The highest BCUT2D eigenvalue weighted by molar-refractivity contribution is 5.03. The van der Waals surface area contributed by atoms with E-state index in [0.717, 1.165) is 18.3 Å². The van der Waals surface area contributed by atoms with E-state index in [9.17, 15) is 5.11 Å². The summed E-state index contributed by atoms with van der Waals surface area (Å²) in [7, 11) is 0. The molecule has 0 spiro atoms. The van der Waals surface area contributed by atoms with E-state index in [4.69, 9.17) is 0 Å². The molecule has 0 heterocycles. The molecule has 0 aromatic rings. The average Bonchev–Trinajstić information content (AvgIpc) is 2.60. The third-order valence-corrected chi connectivity index (χ3v) is 4.73. The second kappa shape index (κ2) is 2.98. The summed E-state index contributed by atoms with van der Waals surface area (Å²) in [6, 6.07) is 0. The van der Waals surface area contributed by atoms with Crippen molar-refractivity contribution in [3.8, 4) is 0 Å². The van der Waals surface area contributed by atoms with Gasteiger partial charge in [0, 0.05) is 0 Å². The predicted octanol–water partition coefficient (Wildman–Crippen LogP) is 2.83. The standard InChI is InChI=1S/C12H22O/c1-4-10(13)11-8-5-6-9(7-8)12(11,2)3/h8-11,13H,4-7H2,1-3H3/t8-,9+,10?,11-/m0/s1. The zero-order chi connectivity index (χ0) is 9.64. The fraction of sp³-hybridized carbons (Fsp3) is 1.00. The molecular formula is C12H22O. The lowest BCUT2D eigenvalue weighted by atomic mass is 9.66. The molecule has 0 aromatic heterocycles. The van der Waals surface area contributed by atoms with Gasteiger partial charge in [0.25, 0.3) is 0 Å². The van der Waals surface area contributed by atoms with E-state index in [1.54, 1.807) is 0 Å². The van der Waals surface area contributed by atoms with Crippen LogP contribution in [0.5, 0.6) is 0 Å². The minimum Gasteiger partial charge on any atom is -0.393 e. The summed E-state index contributed by atoms with van der Waals surface area (Å²) in [5.41, 5.74) is 0.401. The Bertz CT molecular complexity index is 197. The Morgan fingerprint density at radius 2 is 2.08 bits per heavy atom. The van der Waals surface area contributed by atoms with Gasteiger partial charge < -0.3 is 5.11 Å². The van der Waals surface area contributed by atoms with E-state index in [2.05, 4.69) is 20.8 Å². The zero-order valence-corrected chi connectivity index (χ0v) is 9.09. The van der Waals surface area contributed by atoms with Crippen molar-refractivity contribution in [2.75, 3.05) is 0 Å². The number of hydrogen-bond acceptors (Lipinski definition) is 1. The number of aliphatic hydroxyl groups excluding tert-OH is 1. The molecule has 2 rings (SSSR count). The van der Waals surface area contributed by atoms with Crippen molar-refractivity contribution in [1.29, 1.82) is 0 Å². The molecule has 1 N–H and O–H groups in total. The summed E-state index contributed by atoms with van der Waals surface area (Å²) in [6.07, 6.45) is 5.04. The molecule has 76 valence electrons. The quantitative estimate of drug-likeness (QED) is 0.696. The predicted molar refractivity (Wildman–Crippen MR) is 54.4 cm³/mol. The number of hydrogen-bond donors (Lipinski definition) is 1. The molecule has 0 radical (unpaired) electrons. The summed E-state index contributed by atoms with van der Waals surface area (Å²) >= 11 is 0. The highest BCUT2D eigenvalue weighted by Gasteiger charge is 2.54. The Morgan fingerprint density at radius 1 is 1.38 bits per heavy atom. The van der Waals surface area contributed by atoms with Crippen molar-refractivity contribution in [3.63, 3.8) is 0 Å². The molecule has 0 saturated heterocycles. The van der Waals surface area contributed by atoms with Gasteiger partial charge in [-0.3, -0.25) is 0 Å². The van der Waals surface area contributed by atoms with Crippen LogP contribution >= 0.6 is 0 Å². The molecule has 1 unspecified atom stereocenters. The molecule has 4 atom stereocenters. The fourth-order valence-electron chi connectivity index (χ4n) is 3.96. The van der Waals surface area contributed by atoms with Gasteiger partial charge in [-0.15, -0.1) is 0 Å². The van der Waals surface area contributed by atoms with Gasteiger partial charge in [0.05, 0.1) is 6.10 Å². The minimum atomic E-state index is -0.0506. The lowest BCUT2D eigenvalue weighted by molar-refractivity contribution is -0.00394. The third kappa shape index (κ3) is 1.24. The van der Waals surface area contributed by atoms with Crippen LogP contribution < -0.4 is 0 Å². The van der Waals surface area contributed by atoms with E-state index in [1.165, 1.54) is 19.3 Å². The van der Waals surface area contributed by atoms with E-state index in [-0.39, 0.29) is 6.10 Å². The first-order chi connectivity index (χ1) is 6.07. The molecule has 1 nitrogen and oxygen atoms in total. The Kier molecular flexibility index (Phi) is 2.18. The number of rotatable bonds is 2. The molecule has 0 amide bonds. The van der Waals surface area contributed by atoms with Crippen LogP contribution in [0.25, 0.3) is 0 Å². The van der Waals surface area contributed by atoms with Crippen LogP contribution in [0.2, 0.25) is 0 Å². The number of fused-ring (bicyclic) bond motifs is 2. The van der Waals surface area contributed by atoms with Gasteiger partial charge in [-0.1, -0.05) is 20.8 Å². The first-order valence-corrected chi connectivity index (χ1v) is 5.75. The monoisotopic (exact) mass is 182 g/mol. The van der Waals surface area contributed by atoms with Crippen molar-refractivity contribution in [1.82, 2.24) is 0 Å². The highest BCUT2D eigenvalue weighted by Crippen LogP contribution is 2.60. The van der Waals surface area contributed by atoms with Gasteiger partial charge in [-0.05, 0) is 48.9 Å². The second-order valence-electron chi connectivity index (χ2n) is 5.59. The summed E-state index contributed by atoms with van der Waals surface area (Å²) in [5, 5.41) is 10.0.